The zero-order chi connectivity index (χ0) is 18.7. The highest BCUT2D eigenvalue weighted by Gasteiger charge is 1.98. The van der Waals surface area contributed by atoms with Crippen LogP contribution in [0.25, 0.3) is 17.2 Å². The summed E-state index contributed by atoms with van der Waals surface area (Å²) >= 11 is 0. The normalized spacial score (nSPS) is 10.8. The summed E-state index contributed by atoms with van der Waals surface area (Å²) in [5.41, 5.74) is 4.46. The molecule has 0 aliphatic carbocycles. The van der Waals surface area contributed by atoms with Crippen molar-refractivity contribution in [2.45, 2.75) is 6.61 Å². The summed E-state index contributed by atoms with van der Waals surface area (Å²) in [4.78, 5) is 11.9. The number of hydrogen-bond donors (Lipinski definition) is 1. The molecule has 0 unspecified atom stereocenters. The van der Waals surface area contributed by atoms with Crippen molar-refractivity contribution in [3.05, 3.63) is 102 Å². The number of carbonyl (C=O) groups is 1. The van der Waals surface area contributed by atoms with Gasteiger partial charge in [0, 0.05) is 12.6 Å². The van der Waals surface area contributed by atoms with Crippen molar-refractivity contribution < 1.29 is 9.53 Å². The van der Waals surface area contributed by atoms with Crippen molar-refractivity contribution in [1.29, 1.82) is 0 Å². The highest BCUT2D eigenvalue weighted by atomic mass is 16.5. The zero-order valence-electron chi connectivity index (χ0n) is 15.2. The van der Waals surface area contributed by atoms with E-state index in [1.54, 1.807) is 6.08 Å². The van der Waals surface area contributed by atoms with Gasteiger partial charge < -0.3 is 10.1 Å². The van der Waals surface area contributed by atoms with Gasteiger partial charge in [-0.25, -0.2) is 0 Å². The van der Waals surface area contributed by atoms with Crippen molar-refractivity contribution in [2.75, 3.05) is 13.2 Å². The molecule has 3 rings (SSSR count). The molecule has 0 spiro atoms. The molecule has 0 bridgehead atoms. The van der Waals surface area contributed by atoms with Crippen LogP contribution in [0.1, 0.15) is 11.1 Å². The third kappa shape index (κ3) is 6.24. The molecule has 1 amide bonds. The highest BCUT2D eigenvalue weighted by Crippen LogP contribution is 2.19. The Labute approximate surface area is 160 Å². The van der Waals surface area contributed by atoms with Crippen molar-refractivity contribution in [1.82, 2.24) is 5.32 Å². The van der Waals surface area contributed by atoms with E-state index in [0.29, 0.717) is 19.8 Å². The minimum absolute atomic E-state index is 0.120. The van der Waals surface area contributed by atoms with Gasteiger partial charge in [0.15, 0.2) is 0 Å². The van der Waals surface area contributed by atoms with Crippen molar-refractivity contribution in [3.63, 3.8) is 0 Å². The molecule has 0 aliphatic rings. The van der Waals surface area contributed by atoms with Gasteiger partial charge >= 0.3 is 0 Å². The summed E-state index contributed by atoms with van der Waals surface area (Å²) < 4.78 is 5.55. The largest absolute Gasteiger partial charge is 0.375 e. The SMILES string of the molecule is O=C(/C=C/c1ccc(-c2ccccc2)cc1)NCCOCc1ccccc1. The van der Waals surface area contributed by atoms with E-state index in [2.05, 4.69) is 29.6 Å². The molecule has 3 heteroatoms. The maximum Gasteiger partial charge on any atom is 0.244 e. The molecule has 0 saturated heterocycles. The van der Waals surface area contributed by atoms with Gasteiger partial charge in [-0.1, -0.05) is 84.9 Å². The van der Waals surface area contributed by atoms with Gasteiger partial charge in [-0.15, -0.1) is 0 Å². The van der Waals surface area contributed by atoms with E-state index in [1.807, 2.05) is 66.7 Å². The Morgan fingerprint density at radius 2 is 1.44 bits per heavy atom. The first-order chi connectivity index (χ1) is 13.3. The second-order valence-corrected chi connectivity index (χ2v) is 6.15. The van der Waals surface area contributed by atoms with Crippen LogP contribution in [0.4, 0.5) is 0 Å². The molecule has 136 valence electrons. The maximum absolute atomic E-state index is 11.9. The monoisotopic (exact) mass is 357 g/mol. The number of amides is 1. The van der Waals surface area contributed by atoms with Gasteiger partial charge in [-0.05, 0) is 28.3 Å². The highest BCUT2D eigenvalue weighted by molar-refractivity contribution is 5.91. The smallest absolute Gasteiger partial charge is 0.244 e. The fourth-order valence-electron chi connectivity index (χ4n) is 2.66. The predicted octanol–water partition coefficient (Wildman–Crippen LogP) is 4.70. The average molecular weight is 357 g/mol. The Bertz CT molecular complexity index is 856. The van der Waals surface area contributed by atoms with Gasteiger partial charge in [-0.2, -0.15) is 0 Å². The molecule has 0 radical (unpaired) electrons. The second-order valence-electron chi connectivity index (χ2n) is 6.15. The van der Waals surface area contributed by atoms with Gasteiger partial charge in [0.2, 0.25) is 5.91 Å². The van der Waals surface area contributed by atoms with Crippen molar-refractivity contribution >= 4 is 12.0 Å². The van der Waals surface area contributed by atoms with E-state index >= 15 is 0 Å². The van der Waals surface area contributed by atoms with Gasteiger partial charge in [0.05, 0.1) is 13.2 Å². The summed E-state index contributed by atoms with van der Waals surface area (Å²) in [5, 5.41) is 2.83. The summed E-state index contributed by atoms with van der Waals surface area (Å²) in [5.74, 6) is -0.120. The predicted molar refractivity (Wildman–Crippen MR) is 110 cm³/mol. The van der Waals surface area contributed by atoms with Gasteiger partial charge in [0.25, 0.3) is 0 Å². The zero-order valence-corrected chi connectivity index (χ0v) is 15.2. The lowest BCUT2D eigenvalue weighted by molar-refractivity contribution is -0.116. The number of hydrogen-bond acceptors (Lipinski definition) is 2. The van der Waals surface area contributed by atoms with E-state index in [1.165, 1.54) is 5.56 Å². The number of rotatable bonds is 8. The molecule has 0 saturated carbocycles. The number of benzene rings is 3. The molecular weight excluding hydrogens is 334 g/mol. The van der Waals surface area contributed by atoms with Crippen LogP contribution in [0.2, 0.25) is 0 Å². The number of ether oxygens (including phenoxy) is 1. The fourth-order valence-corrected chi connectivity index (χ4v) is 2.66. The number of nitrogens with one attached hydrogen (secondary N) is 1. The Balaban J connectivity index is 1.39. The van der Waals surface area contributed by atoms with Crippen LogP contribution in [0, 0.1) is 0 Å². The second kappa shape index (κ2) is 10.1. The fraction of sp³-hybridized carbons (Fsp3) is 0.125. The number of carbonyl (C=O) groups excluding carboxylic acids is 1. The lowest BCUT2D eigenvalue weighted by Gasteiger charge is -2.05. The van der Waals surface area contributed by atoms with E-state index in [0.717, 1.165) is 16.7 Å². The molecule has 0 fully saturated rings. The van der Waals surface area contributed by atoms with Crippen LogP contribution >= 0.6 is 0 Å². The van der Waals surface area contributed by atoms with Gasteiger partial charge in [-0.3, -0.25) is 4.79 Å². The van der Waals surface area contributed by atoms with E-state index in [-0.39, 0.29) is 5.91 Å². The van der Waals surface area contributed by atoms with Crippen LogP contribution in [-0.4, -0.2) is 19.1 Å². The Hall–Kier alpha value is -3.17. The maximum atomic E-state index is 11.9. The minimum Gasteiger partial charge on any atom is -0.375 e. The van der Waals surface area contributed by atoms with E-state index < -0.39 is 0 Å². The summed E-state index contributed by atoms with van der Waals surface area (Å²) in [6.45, 7) is 1.53. The molecule has 3 aromatic rings. The molecule has 3 aromatic carbocycles. The summed E-state index contributed by atoms with van der Waals surface area (Å²) in [6, 6.07) is 28.3. The molecule has 3 nitrogen and oxygen atoms in total. The average Bonchev–Trinajstić information content (AvgIpc) is 2.74. The topological polar surface area (TPSA) is 38.3 Å². The summed E-state index contributed by atoms with van der Waals surface area (Å²) in [7, 11) is 0. The Kier molecular flexibility index (Phi) is 6.96. The van der Waals surface area contributed by atoms with Crippen molar-refractivity contribution in [3.8, 4) is 11.1 Å². The van der Waals surface area contributed by atoms with E-state index in [9.17, 15) is 4.79 Å². The summed E-state index contributed by atoms with van der Waals surface area (Å²) in [6.07, 6.45) is 3.36. The lowest BCUT2D eigenvalue weighted by Crippen LogP contribution is -2.25. The van der Waals surface area contributed by atoms with Crippen LogP contribution in [0.15, 0.2) is 91.0 Å². The van der Waals surface area contributed by atoms with Crippen LogP contribution in [0.3, 0.4) is 0 Å². The van der Waals surface area contributed by atoms with E-state index in [4.69, 9.17) is 4.74 Å². The van der Waals surface area contributed by atoms with Crippen LogP contribution in [-0.2, 0) is 16.1 Å². The molecule has 27 heavy (non-hydrogen) atoms. The third-order valence-electron chi connectivity index (χ3n) is 4.10. The van der Waals surface area contributed by atoms with Crippen molar-refractivity contribution in [2.24, 2.45) is 0 Å². The minimum atomic E-state index is -0.120. The third-order valence-corrected chi connectivity index (χ3v) is 4.10. The standard InChI is InChI=1S/C24H23NO2/c26-24(25-17-18-27-19-21-7-3-1-4-8-21)16-13-20-11-14-23(15-12-20)22-9-5-2-6-10-22/h1-16H,17-19H2,(H,25,26)/b16-13+. The quantitative estimate of drug-likeness (QED) is 0.469. The Morgan fingerprint density at radius 1 is 0.815 bits per heavy atom. The van der Waals surface area contributed by atoms with Gasteiger partial charge in [0.1, 0.15) is 0 Å². The first-order valence-corrected chi connectivity index (χ1v) is 9.04. The van der Waals surface area contributed by atoms with Crippen LogP contribution < -0.4 is 5.32 Å². The molecule has 0 aromatic heterocycles. The Morgan fingerprint density at radius 3 is 2.15 bits per heavy atom. The molecular formula is C24H23NO2. The molecule has 1 N–H and O–H groups in total. The lowest BCUT2D eigenvalue weighted by atomic mass is 10.0. The molecule has 0 heterocycles. The first kappa shape index (κ1) is 18.6. The molecule has 0 aliphatic heterocycles. The first-order valence-electron chi connectivity index (χ1n) is 9.04. The molecule has 0 atom stereocenters. The van der Waals surface area contributed by atoms with Crippen LogP contribution in [0.5, 0.6) is 0 Å².